The molecule has 0 spiro atoms. The molecule has 13 aromatic carbocycles. The van der Waals surface area contributed by atoms with Gasteiger partial charge in [0.05, 0.1) is 34.0 Å². The van der Waals surface area contributed by atoms with Crippen LogP contribution in [0.15, 0.2) is 304 Å². The van der Waals surface area contributed by atoms with Gasteiger partial charge in [0.1, 0.15) is 0 Å². The molecule has 0 amide bonds. The third-order valence-corrected chi connectivity index (χ3v) is 17.4. The van der Waals surface area contributed by atoms with Crippen molar-refractivity contribution in [3.05, 3.63) is 304 Å². The first-order valence-electron chi connectivity index (χ1n) is 29.7. The molecule has 88 heavy (non-hydrogen) atoms. The largest absolute Gasteiger partial charge is 0.264 e. The highest BCUT2D eigenvalue weighted by molar-refractivity contribution is 6.21. The molecule has 4 aromatic heterocycles. The first kappa shape index (κ1) is 50.6. The van der Waals surface area contributed by atoms with Gasteiger partial charge in [-0.25, -0.2) is 24.9 Å². The molecule has 0 atom stereocenters. The van der Waals surface area contributed by atoms with E-state index in [4.69, 9.17) is 24.9 Å². The molecule has 0 radical (unpaired) electrons. The first-order valence-corrected chi connectivity index (χ1v) is 29.7. The predicted octanol–water partition coefficient (Wildman–Crippen LogP) is 21.1. The third kappa shape index (κ3) is 8.81. The second-order valence-electron chi connectivity index (χ2n) is 22.5. The molecule has 0 saturated carbocycles. The average Bonchev–Trinajstić information content (AvgIpc) is 1.69. The lowest BCUT2D eigenvalue weighted by Gasteiger charge is -2.16. The molecule has 0 aliphatic rings. The molecule has 6 nitrogen and oxygen atoms in total. The van der Waals surface area contributed by atoms with Gasteiger partial charge in [-0.3, -0.25) is 4.98 Å². The van der Waals surface area contributed by atoms with E-state index in [9.17, 15) is 0 Å². The first-order chi connectivity index (χ1) is 43.6. The SMILES string of the molecule is c1ccc(-c2nc(-c3ccc(-c4cc(-c5ccc(-c6nc(-c7ccccc7-c7cccnc7)cc(-c7c8ccccc8cc8c7ccc7ccccc78)n6)cc5)nc5ccccc45)cc3)cc(-c3c4ccccc4cc4c3ccc3ccccc34)n2)cc1. The summed E-state index contributed by atoms with van der Waals surface area (Å²) in [7, 11) is 0. The molecule has 17 aromatic rings. The Morgan fingerprint density at radius 1 is 0.205 bits per heavy atom. The second-order valence-corrected chi connectivity index (χ2v) is 22.5. The normalized spacial score (nSPS) is 11.6. The van der Waals surface area contributed by atoms with Crippen LogP contribution in [0.4, 0.5) is 0 Å². The molecule has 0 aliphatic carbocycles. The standard InChI is InChI=1S/C82H50N6/c1-2-19-56(20-3-1)81-85-75(48-77(87-81)79-64-27-10-6-21-58(64)45-71-61-24-8-4-17-51(61)40-42-68(71)79)55-34-32-53(33-35-55)70-47-74(84-73-31-15-14-30-67(70)73)54-36-38-57(39-37-54)82-86-76(66-29-13-12-26-63(66)60-23-16-44-83-50-60)49-78(88-82)80-65-28-11-7-22-59(65)46-72-62-25-9-5-18-52(62)41-43-69(72)80/h1-50H. The zero-order valence-electron chi connectivity index (χ0n) is 47.6. The summed E-state index contributed by atoms with van der Waals surface area (Å²) in [6, 6.07) is 103. The molecule has 4 heterocycles. The molecule has 0 bridgehead atoms. The van der Waals surface area contributed by atoms with Crippen molar-refractivity contribution in [1.82, 2.24) is 29.9 Å². The zero-order valence-corrected chi connectivity index (χ0v) is 47.6. The molecule has 17 rings (SSSR count). The molecule has 0 fully saturated rings. The number of rotatable bonds is 9. The van der Waals surface area contributed by atoms with E-state index >= 15 is 0 Å². The van der Waals surface area contributed by atoms with Crippen LogP contribution in [0.5, 0.6) is 0 Å². The molecular formula is C82H50N6. The second kappa shape index (κ2) is 21.0. The van der Waals surface area contributed by atoms with Crippen molar-refractivity contribution in [3.63, 3.8) is 0 Å². The quantitative estimate of drug-likeness (QED) is 0.106. The molecule has 408 valence electrons. The van der Waals surface area contributed by atoms with Gasteiger partial charge in [-0.15, -0.1) is 0 Å². The lowest BCUT2D eigenvalue weighted by molar-refractivity contribution is 1.19. The van der Waals surface area contributed by atoms with Crippen molar-refractivity contribution in [3.8, 4) is 101 Å². The Hall–Kier alpha value is -11.9. The van der Waals surface area contributed by atoms with Crippen LogP contribution >= 0.6 is 0 Å². The maximum absolute atomic E-state index is 5.54. The highest BCUT2D eigenvalue weighted by Gasteiger charge is 2.21. The molecule has 0 N–H and O–H groups in total. The number of hydrogen-bond acceptors (Lipinski definition) is 6. The van der Waals surface area contributed by atoms with Crippen molar-refractivity contribution in [2.45, 2.75) is 0 Å². The summed E-state index contributed by atoms with van der Waals surface area (Å²) in [4.78, 5) is 31.5. The average molecular weight is 1120 g/mol. The van der Waals surface area contributed by atoms with Gasteiger partial charge in [-0.05, 0) is 124 Å². The number of nitrogens with zero attached hydrogens (tertiary/aromatic N) is 6. The monoisotopic (exact) mass is 1120 g/mol. The van der Waals surface area contributed by atoms with E-state index in [0.29, 0.717) is 11.6 Å². The van der Waals surface area contributed by atoms with Crippen molar-refractivity contribution >= 4 is 75.5 Å². The molecule has 0 aliphatic heterocycles. The fourth-order valence-electron chi connectivity index (χ4n) is 13.1. The van der Waals surface area contributed by atoms with Crippen molar-refractivity contribution < 1.29 is 0 Å². The Kier molecular flexibility index (Phi) is 12.1. The fourth-order valence-corrected chi connectivity index (χ4v) is 13.1. The minimum atomic E-state index is 0.625. The van der Waals surface area contributed by atoms with Gasteiger partial charge in [0, 0.05) is 62.3 Å². The Labute approximate surface area is 507 Å². The van der Waals surface area contributed by atoms with Gasteiger partial charge in [0.2, 0.25) is 0 Å². The Bertz CT molecular complexity index is 5610. The van der Waals surface area contributed by atoms with Gasteiger partial charge < -0.3 is 0 Å². The van der Waals surface area contributed by atoms with Crippen molar-refractivity contribution in [1.29, 1.82) is 0 Å². The topological polar surface area (TPSA) is 77.3 Å². The predicted molar refractivity (Wildman–Crippen MR) is 365 cm³/mol. The van der Waals surface area contributed by atoms with Gasteiger partial charge in [-0.2, -0.15) is 0 Å². The van der Waals surface area contributed by atoms with E-state index in [2.05, 4.69) is 272 Å². The van der Waals surface area contributed by atoms with E-state index < -0.39 is 0 Å². The van der Waals surface area contributed by atoms with Gasteiger partial charge in [0.15, 0.2) is 11.6 Å². The summed E-state index contributed by atoms with van der Waals surface area (Å²) in [6.45, 7) is 0. The summed E-state index contributed by atoms with van der Waals surface area (Å²) in [5, 5.41) is 15.2. The van der Waals surface area contributed by atoms with E-state index in [0.717, 1.165) is 128 Å². The number of para-hydroxylation sites is 1. The van der Waals surface area contributed by atoms with E-state index in [1.54, 1.807) is 0 Å². The number of fused-ring (bicyclic) bond motifs is 9. The van der Waals surface area contributed by atoms with Gasteiger partial charge in [-0.1, -0.05) is 249 Å². The summed E-state index contributed by atoms with van der Waals surface area (Å²) in [6.07, 6.45) is 3.72. The summed E-state index contributed by atoms with van der Waals surface area (Å²) in [5.74, 6) is 1.30. The minimum Gasteiger partial charge on any atom is -0.264 e. The van der Waals surface area contributed by atoms with Crippen LogP contribution in [-0.2, 0) is 0 Å². The lowest BCUT2D eigenvalue weighted by atomic mass is 9.91. The van der Waals surface area contributed by atoms with Crippen LogP contribution < -0.4 is 0 Å². The highest BCUT2D eigenvalue weighted by Crippen LogP contribution is 2.44. The maximum atomic E-state index is 5.54. The Morgan fingerprint density at radius 2 is 0.648 bits per heavy atom. The lowest BCUT2D eigenvalue weighted by Crippen LogP contribution is -1.98. The van der Waals surface area contributed by atoms with Crippen LogP contribution in [0.3, 0.4) is 0 Å². The maximum Gasteiger partial charge on any atom is 0.160 e. The van der Waals surface area contributed by atoms with Crippen LogP contribution in [-0.4, -0.2) is 29.9 Å². The fraction of sp³-hybridized carbons (Fsp3) is 0. The van der Waals surface area contributed by atoms with E-state index in [1.165, 1.54) is 37.7 Å². The molecule has 0 unspecified atom stereocenters. The zero-order chi connectivity index (χ0) is 58.1. The number of pyridine rings is 2. The molecule has 0 saturated heterocycles. The Morgan fingerprint density at radius 3 is 1.25 bits per heavy atom. The highest BCUT2D eigenvalue weighted by atomic mass is 14.9. The van der Waals surface area contributed by atoms with Crippen molar-refractivity contribution in [2.75, 3.05) is 0 Å². The molecule has 6 heteroatoms. The van der Waals surface area contributed by atoms with Crippen LogP contribution in [0, 0.1) is 0 Å². The van der Waals surface area contributed by atoms with Crippen LogP contribution in [0.2, 0.25) is 0 Å². The summed E-state index contributed by atoms with van der Waals surface area (Å²) < 4.78 is 0. The molecular weight excluding hydrogens is 1070 g/mol. The van der Waals surface area contributed by atoms with Gasteiger partial charge in [0.25, 0.3) is 0 Å². The van der Waals surface area contributed by atoms with Crippen molar-refractivity contribution in [2.24, 2.45) is 0 Å². The van der Waals surface area contributed by atoms with Crippen LogP contribution in [0.25, 0.3) is 177 Å². The van der Waals surface area contributed by atoms with E-state index in [-0.39, 0.29) is 0 Å². The minimum absolute atomic E-state index is 0.625. The third-order valence-electron chi connectivity index (χ3n) is 17.4. The number of aromatic nitrogens is 6. The van der Waals surface area contributed by atoms with Crippen LogP contribution in [0.1, 0.15) is 0 Å². The van der Waals surface area contributed by atoms with Gasteiger partial charge >= 0.3 is 0 Å². The summed E-state index contributed by atoms with van der Waals surface area (Å²) in [5.41, 5.74) is 16.4. The van der Waals surface area contributed by atoms with E-state index in [1.807, 2.05) is 36.7 Å². The number of hydrogen-bond donors (Lipinski definition) is 0. The number of benzene rings is 13. The Balaban J connectivity index is 0.774. The smallest absolute Gasteiger partial charge is 0.160 e. The summed E-state index contributed by atoms with van der Waals surface area (Å²) >= 11 is 0.